The van der Waals surface area contributed by atoms with Crippen molar-refractivity contribution in [3.8, 4) is 6.07 Å². The molecule has 1 rings (SSSR count). The molecule has 0 spiro atoms. The van der Waals surface area contributed by atoms with Gasteiger partial charge in [-0.1, -0.05) is 12.1 Å². The molecule has 1 atom stereocenters. The zero-order valence-electron chi connectivity index (χ0n) is 10.7. The number of esters is 1. The fraction of sp³-hybridized carbons (Fsp3) is 0.357. The Hall–Kier alpha value is -1.80. The minimum Gasteiger partial charge on any atom is -0.465 e. The number of hydrogen-bond acceptors (Lipinski definition) is 5. The van der Waals surface area contributed by atoms with Gasteiger partial charge in [-0.25, -0.2) is 4.79 Å². The van der Waals surface area contributed by atoms with E-state index in [1.54, 1.807) is 18.2 Å². The van der Waals surface area contributed by atoms with Gasteiger partial charge in [0.2, 0.25) is 0 Å². The molecule has 0 N–H and O–H groups in total. The monoisotopic (exact) mass is 277 g/mol. The van der Waals surface area contributed by atoms with E-state index in [2.05, 4.69) is 4.74 Å². The molecule has 0 radical (unpaired) electrons. The number of aldehydes is 1. The lowest BCUT2D eigenvalue weighted by molar-refractivity contribution is -0.107. The summed E-state index contributed by atoms with van der Waals surface area (Å²) in [5.74, 6) is 0.248. The zero-order chi connectivity index (χ0) is 14.1. The van der Waals surface area contributed by atoms with Crippen molar-refractivity contribution in [3.63, 3.8) is 0 Å². The van der Waals surface area contributed by atoms with Crippen LogP contribution < -0.4 is 0 Å². The first kappa shape index (κ1) is 15.3. The summed E-state index contributed by atoms with van der Waals surface area (Å²) in [6.45, 7) is 0. The van der Waals surface area contributed by atoms with E-state index in [1.165, 1.54) is 18.9 Å². The van der Waals surface area contributed by atoms with Crippen LogP contribution in [0.3, 0.4) is 0 Å². The van der Waals surface area contributed by atoms with Gasteiger partial charge in [-0.2, -0.15) is 5.26 Å². The standard InChI is InChI=1S/C14H15NO3S/c1-18-14(17)12-5-2-4-11(8-12)9-13(10-16)19-7-3-6-15/h2,4-5,8,10,13H,3,7,9H2,1H3. The number of methoxy groups -OCH3 is 1. The lowest BCUT2D eigenvalue weighted by Crippen LogP contribution is -2.10. The third kappa shape index (κ3) is 5.14. The van der Waals surface area contributed by atoms with Crippen molar-refractivity contribution in [2.24, 2.45) is 0 Å². The van der Waals surface area contributed by atoms with Gasteiger partial charge in [0.05, 0.1) is 24.0 Å². The molecule has 0 amide bonds. The minimum absolute atomic E-state index is 0.193. The number of carbonyl (C=O) groups is 2. The number of benzene rings is 1. The molecule has 1 unspecified atom stereocenters. The molecule has 0 heterocycles. The van der Waals surface area contributed by atoms with Crippen LogP contribution in [0.4, 0.5) is 0 Å². The van der Waals surface area contributed by atoms with E-state index >= 15 is 0 Å². The van der Waals surface area contributed by atoms with E-state index in [4.69, 9.17) is 5.26 Å². The van der Waals surface area contributed by atoms with Crippen molar-refractivity contribution < 1.29 is 14.3 Å². The Balaban J connectivity index is 2.67. The van der Waals surface area contributed by atoms with Crippen LogP contribution >= 0.6 is 11.8 Å². The van der Waals surface area contributed by atoms with Crippen LogP contribution in [0.1, 0.15) is 22.3 Å². The Morgan fingerprint density at radius 2 is 2.37 bits per heavy atom. The van der Waals surface area contributed by atoms with Crippen molar-refractivity contribution >= 4 is 24.0 Å². The SMILES string of the molecule is COC(=O)c1cccc(CC(C=O)SCCC#N)c1. The van der Waals surface area contributed by atoms with E-state index < -0.39 is 0 Å². The third-order valence-electron chi connectivity index (χ3n) is 2.48. The van der Waals surface area contributed by atoms with Gasteiger partial charge >= 0.3 is 5.97 Å². The Kier molecular flexibility index (Phi) is 6.69. The number of rotatable bonds is 7. The van der Waals surface area contributed by atoms with Crippen LogP contribution in [-0.4, -0.2) is 30.4 Å². The first-order valence-corrected chi connectivity index (χ1v) is 6.87. The number of nitrogens with zero attached hydrogens (tertiary/aromatic N) is 1. The first-order valence-electron chi connectivity index (χ1n) is 5.82. The fourth-order valence-corrected chi connectivity index (χ4v) is 2.48. The average molecular weight is 277 g/mol. The summed E-state index contributed by atoms with van der Waals surface area (Å²) in [7, 11) is 1.33. The van der Waals surface area contributed by atoms with Crippen LogP contribution in [0.5, 0.6) is 0 Å². The van der Waals surface area contributed by atoms with Crippen molar-refractivity contribution in [1.82, 2.24) is 0 Å². The predicted molar refractivity (Wildman–Crippen MR) is 74.0 cm³/mol. The Morgan fingerprint density at radius 3 is 3.00 bits per heavy atom. The molecule has 0 bridgehead atoms. The molecule has 0 saturated carbocycles. The highest BCUT2D eigenvalue weighted by Crippen LogP contribution is 2.17. The molecule has 0 aliphatic rings. The number of nitriles is 1. The number of thioether (sulfide) groups is 1. The van der Waals surface area contributed by atoms with Gasteiger partial charge in [-0.15, -0.1) is 11.8 Å². The third-order valence-corrected chi connectivity index (χ3v) is 3.63. The molecule has 4 nitrogen and oxygen atoms in total. The van der Waals surface area contributed by atoms with Crippen LogP contribution in [0, 0.1) is 11.3 Å². The predicted octanol–water partition coefficient (Wildman–Crippen LogP) is 2.23. The molecule has 5 heteroatoms. The van der Waals surface area contributed by atoms with Crippen LogP contribution in [0.2, 0.25) is 0 Å². The van der Waals surface area contributed by atoms with Gasteiger partial charge < -0.3 is 9.53 Å². The maximum Gasteiger partial charge on any atom is 0.337 e. The molecule has 0 saturated heterocycles. The summed E-state index contributed by atoms with van der Waals surface area (Å²) in [5, 5.41) is 8.27. The highest BCUT2D eigenvalue weighted by molar-refractivity contribution is 8.00. The summed E-state index contributed by atoms with van der Waals surface area (Å²) in [6, 6.07) is 9.08. The van der Waals surface area contributed by atoms with Crippen molar-refractivity contribution in [3.05, 3.63) is 35.4 Å². The van der Waals surface area contributed by atoms with Crippen molar-refractivity contribution in [2.45, 2.75) is 18.1 Å². The smallest absolute Gasteiger partial charge is 0.337 e. The molecule has 1 aromatic rings. The number of hydrogen-bond donors (Lipinski definition) is 0. The zero-order valence-corrected chi connectivity index (χ0v) is 11.5. The molecule has 0 aliphatic heterocycles. The van der Waals surface area contributed by atoms with Gasteiger partial charge in [0, 0.05) is 12.2 Å². The second-order valence-electron chi connectivity index (χ2n) is 3.85. The number of carbonyl (C=O) groups excluding carboxylic acids is 2. The van der Waals surface area contributed by atoms with Crippen LogP contribution in [0.25, 0.3) is 0 Å². The largest absolute Gasteiger partial charge is 0.465 e. The Labute approximate surface area is 116 Å². The second kappa shape index (κ2) is 8.33. The minimum atomic E-state index is -0.387. The summed E-state index contributed by atoms with van der Waals surface area (Å²) in [5.41, 5.74) is 1.39. The van der Waals surface area contributed by atoms with E-state index in [9.17, 15) is 9.59 Å². The quantitative estimate of drug-likeness (QED) is 0.434. The highest BCUT2D eigenvalue weighted by atomic mass is 32.2. The maximum atomic E-state index is 11.4. The van der Waals surface area contributed by atoms with E-state index in [-0.39, 0.29) is 11.2 Å². The Morgan fingerprint density at radius 1 is 1.58 bits per heavy atom. The lowest BCUT2D eigenvalue weighted by atomic mass is 10.1. The van der Waals surface area contributed by atoms with Gasteiger partial charge in [-0.05, 0) is 24.1 Å². The van der Waals surface area contributed by atoms with Gasteiger partial charge in [0.1, 0.15) is 6.29 Å². The molecule has 0 aromatic heterocycles. The summed E-state index contributed by atoms with van der Waals surface area (Å²) in [6.07, 6.45) is 1.86. The summed E-state index contributed by atoms with van der Waals surface area (Å²) < 4.78 is 4.65. The van der Waals surface area contributed by atoms with Gasteiger partial charge in [0.25, 0.3) is 0 Å². The van der Waals surface area contributed by atoms with Crippen molar-refractivity contribution in [2.75, 3.05) is 12.9 Å². The van der Waals surface area contributed by atoms with Crippen LogP contribution in [0.15, 0.2) is 24.3 Å². The Bertz CT molecular complexity index is 482. The molecule has 0 fully saturated rings. The topological polar surface area (TPSA) is 67.2 Å². The molecule has 100 valence electrons. The second-order valence-corrected chi connectivity index (χ2v) is 5.20. The number of ether oxygens (including phenoxy) is 1. The molecule has 19 heavy (non-hydrogen) atoms. The van der Waals surface area contributed by atoms with Gasteiger partial charge in [0.15, 0.2) is 0 Å². The fourth-order valence-electron chi connectivity index (χ4n) is 1.58. The summed E-state index contributed by atoms with van der Waals surface area (Å²) in [4.78, 5) is 22.4. The lowest BCUT2D eigenvalue weighted by Gasteiger charge is -2.09. The van der Waals surface area contributed by atoms with E-state index in [0.29, 0.717) is 24.2 Å². The normalized spacial score (nSPS) is 11.4. The van der Waals surface area contributed by atoms with Crippen LogP contribution in [-0.2, 0) is 16.0 Å². The molecule has 0 aliphatic carbocycles. The first-order chi connectivity index (χ1) is 9.21. The maximum absolute atomic E-state index is 11.4. The summed E-state index contributed by atoms with van der Waals surface area (Å²) >= 11 is 1.45. The van der Waals surface area contributed by atoms with E-state index in [1.807, 2.05) is 12.1 Å². The van der Waals surface area contributed by atoms with Crippen molar-refractivity contribution in [1.29, 1.82) is 5.26 Å². The van der Waals surface area contributed by atoms with Gasteiger partial charge in [-0.3, -0.25) is 0 Å². The molecular formula is C14H15NO3S. The molecular weight excluding hydrogens is 262 g/mol. The van der Waals surface area contributed by atoms with E-state index in [0.717, 1.165) is 11.8 Å². The molecule has 1 aromatic carbocycles. The average Bonchev–Trinajstić information content (AvgIpc) is 2.45. The highest BCUT2D eigenvalue weighted by Gasteiger charge is 2.11.